The van der Waals surface area contributed by atoms with Gasteiger partial charge in [0.25, 0.3) is 5.91 Å². The van der Waals surface area contributed by atoms with Gasteiger partial charge in [0.1, 0.15) is 11.7 Å². The highest BCUT2D eigenvalue weighted by molar-refractivity contribution is 6.24. The minimum Gasteiger partial charge on any atom is -0.404 e. The molecule has 0 aliphatic heterocycles. The maximum absolute atomic E-state index is 11.9. The van der Waals surface area contributed by atoms with Crippen molar-refractivity contribution >= 4 is 17.4 Å². The van der Waals surface area contributed by atoms with Gasteiger partial charge in [-0.05, 0) is 37.1 Å². The summed E-state index contributed by atoms with van der Waals surface area (Å²) in [6.45, 7) is 3.95. The van der Waals surface area contributed by atoms with Gasteiger partial charge in [0.2, 0.25) is 0 Å². The number of nitrogens with zero attached hydrogens (tertiary/aromatic N) is 4. The molecular weight excluding hydrogens is 382 g/mol. The molecule has 0 bridgehead atoms. The number of nitrogens with two attached hydrogens (primary N) is 3. The summed E-state index contributed by atoms with van der Waals surface area (Å²) < 4.78 is 0. The van der Waals surface area contributed by atoms with E-state index in [1.54, 1.807) is 24.5 Å². The first-order chi connectivity index (χ1) is 14.5. The van der Waals surface area contributed by atoms with Crippen LogP contribution in [0.1, 0.15) is 25.7 Å². The van der Waals surface area contributed by atoms with Crippen molar-refractivity contribution in [1.82, 2.24) is 20.3 Å². The van der Waals surface area contributed by atoms with Crippen molar-refractivity contribution in [2.75, 3.05) is 5.32 Å². The molecule has 1 aliphatic carbocycles. The number of amides is 1. The molecular formula is C20H27N9O. The van der Waals surface area contributed by atoms with Crippen LogP contribution in [0.3, 0.4) is 0 Å². The smallest absolute Gasteiger partial charge is 0.253 e. The minimum absolute atomic E-state index is 0.0335. The van der Waals surface area contributed by atoms with Gasteiger partial charge in [0.15, 0.2) is 0 Å². The van der Waals surface area contributed by atoms with E-state index >= 15 is 0 Å². The van der Waals surface area contributed by atoms with E-state index in [0.29, 0.717) is 11.5 Å². The summed E-state index contributed by atoms with van der Waals surface area (Å²) in [5.41, 5.74) is 18.8. The average Bonchev–Trinajstić information content (AvgIpc) is 3.25. The monoisotopic (exact) mass is 409 g/mol. The van der Waals surface area contributed by atoms with Crippen molar-refractivity contribution in [3.8, 4) is 5.69 Å². The first-order valence-electron chi connectivity index (χ1n) is 9.73. The van der Waals surface area contributed by atoms with Gasteiger partial charge in [-0.3, -0.25) is 4.79 Å². The Morgan fingerprint density at radius 2 is 1.87 bits per heavy atom. The summed E-state index contributed by atoms with van der Waals surface area (Å²) in [5, 5.41) is 14.5. The van der Waals surface area contributed by atoms with Gasteiger partial charge in [0, 0.05) is 24.0 Å². The van der Waals surface area contributed by atoms with Gasteiger partial charge in [-0.1, -0.05) is 19.4 Å². The third-order valence-corrected chi connectivity index (χ3v) is 4.89. The number of rotatable bonds is 7. The predicted octanol–water partition coefficient (Wildman–Crippen LogP) is 0.736. The Morgan fingerprint density at radius 3 is 2.47 bits per heavy atom. The van der Waals surface area contributed by atoms with Gasteiger partial charge in [0.05, 0.1) is 23.7 Å². The van der Waals surface area contributed by atoms with Crippen molar-refractivity contribution in [3.05, 3.63) is 60.8 Å². The van der Waals surface area contributed by atoms with Crippen molar-refractivity contribution in [2.24, 2.45) is 22.2 Å². The van der Waals surface area contributed by atoms with E-state index in [2.05, 4.69) is 32.4 Å². The van der Waals surface area contributed by atoms with Crippen LogP contribution in [0.4, 0.5) is 5.69 Å². The van der Waals surface area contributed by atoms with Gasteiger partial charge in [-0.2, -0.15) is 15.0 Å². The molecule has 1 heterocycles. The second-order valence-electron chi connectivity index (χ2n) is 7.04. The van der Waals surface area contributed by atoms with Crippen molar-refractivity contribution in [2.45, 2.75) is 37.8 Å². The highest BCUT2D eigenvalue weighted by Gasteiger charge is 2.22. The van der Waals surface area contributed by atoms with Crippen molar-refractivity contribution in [3.63, 3.8) is 0 Å². The molecule has 3 rings (SSSR count). The molecule has 1 aromatic carbocycles. The Kier molecular flexibility index (Phi) is 6.81. The molecule has 8 N–H and O–H groups in total. The van der Waals surface area contributed by atoms with Crippen molar-refractivity contribution < 1.29 is 4.79 Å². The van der Waals surface area contributed by atoms with Crippen LogP contribution in [0.2, 0.25) is 0 Å². The molecule has 158 valence electrons. The van der Waals surface area contributed by atoms with E-state index < -0.39 is 5.91 Å². The number of anilines is 1. The SMILES string of the molecule is C=C(N=C(Nc1ccc(-n2nccn2)cc1)/C(=C\N)C(N)=O)N[C@@H]1CCCC[C@@H]1N. The normalized spacial score (nSPS) is 19.9. The molecule has 1 saturated carbocycles. The third-order valence-electron chi connectivity index (χ3n) is 4.89. The zero-order chi connectivity index (χ0) is 21.5. The lowest BCUT2D eigenvalue weighted by atomic mass is 9.91. The van der Waals surface area contributed by atoms with E-state index in [-0.39, 0.29) is 23.5 Å². The largest absolute Gasteiger partial charge is 0.404 e. The number of benzene rings is 1. The van der Waals surface area contributed by atoms with Crippen LogP contribution >= 0.6 is 0 Å². The molecule has 0 saturated heterocycles. The van der Waals surface area contributed by atoms with Crippen LogP contribution in [-0.4, -0.2) is 38.8 Å². The summed E-state index contributed by atoms with van der Waals surface area (Å²) in [5.74, 6) is -0.141. The zero-order valence-corrected chi connectivity index (χ0v) is 16.7. The Labute approximate surface area is 174 Å². The lowest BCUT2D eigenvalue weighted by Gasteiger charge is -2.30. The summed E-state index contributed by atoms with van der Waals surface area (Å²) in [6, 6.07) is 7.36. The maximum Gasteiger partial charge on any atom is 0.253 e. The van der Waals surface area contributed by atoms with Crippen LogP contribution in [0.25, 0.3) is 5.69 Å². The van der Waals surface area contributed by atoms with Gasteiger partial charge in [-0.15, -0.1) is 0 Å². The van der Waals surface area contributed by atoms with Crippen LogP contribution in [-0.2, 0) is 4.79 Å². The number of primary amides is 1. The highest BCUT2D eigenvalue weighted by Crippen LogP contribution is 2.18. The van der Waals surface area contributed by atoms with E-state index in [4.69, 9.17) is 17.2 Å². The number of aromatic nitrogens is 3. The topological polar surface area (TPSA) is 162 Å². The summed E-state index contributed by atoms with van der Waals surface area (Å²) in [7, 11) is 0. The average molecular weight is 409 g/mol. The van der Waals surface area contributed by atoms with Crippen LogP contribution in [0.5, 0.6) is 0 Å². The fourth-order valence-corrected chi connectivity index (χ4v) is 3.32. The fourth-order valence-electron chi connectivity index (χ4n) is 3.32. The predicted molar refractivity (Wildman–Crippen MR) is 116 cm³/mol. The fraction of sp³-hybridized carbons (Fsp3) is 0.300. The van der Waals surface area contributed by atoms with E-state index in [0.717, 1.165) is 37.6 Å². The molecule has 10 nitrogen and oxygen atoms in total. The minimum atomic E-state index is -0.705. The second kappa shape index (κ2) is 9.70. The molecule has 0 unspecified atom stereocenters. The Morgan fingerprint density at radius 1 is 1.20 bits per heavy atom. The first-order valence-corrected chi connectivity index (χ1v) is 9.73. The van der Waals surface area contributed by atoms with E-state index in [1.807, 2.05) is 12.1 Å². The van der Waals surface area contributed by atoms with E-state index in [1.165, 1.54) is 4.80 Å². The summed E-state index contributed by atoms with van der Waals surface area (Å²) in [4.78, 5) is 17.8. The highest BCUT2D eigenvalue weighted by atomic mass is 16.1. The van der Waals surface area contributed by atoms with Crippen LogP contribution in [0.15, 0.2) is 65.8 Å². The molecule has 0 spiro atoms. The number of amidine groups is 1. The number of carbonyl (C=O) groups excluding carboxylic acids is 1. The quantitative estimate of drug-likeness (QED) is 0.256. The number of hydrogen-bond donors (Lipinski definition) is 5. The molecule has 1 amide bonds. The molecule has 1 aliphatic rings. The molecule has 2 aromatic rings. The van der Waals surface area contributed by atoms with E-state index in [9.17, 15) is 4.79 Å². The Balaban J connectivity index is 1.79. The summed E-state index contributed by atoms with van der Waals surface area (Å²) >= 11 is 0. The molecule has 10 heteroatoms. The van der Waals surface area contributed by atoms with Gasteiger partial charge in [-0.25, -0.2) is 4.99 Å². The number of nitrogens with one attached hydrogen (secondary N) is 2. The van der Waals surface area contributed by atoms with Crippen LogP contribution < -0.4 is 27.8 Å². The summed E-state index contributed by atoms with van der Waals surface area (Å²) in [6.07, 6.45) is 8.42. The number of aliphatic imine (C=N–C) groups is 1. The standard InChI is InChI=1S/C20H27N9O/c1-13(26-18-5-3-2-4-17(18)22)27-20(16(12-21)19(23)30)28-14-6-8-15(9-7-14)29-24-10-11-25-29/h6-12,17-18,26H,1-5,21-22H2,(H2,23,30)(H,27,28)/b16-12-/t17-,18+/m0/s1. The lowest BCUT2D eigenvalue weighted by Crippen LogP contribution is -2.46. The molecule has 30 heavy (non-hydrogen) atoms. The zero-order valence-electron chi connectivity index (χ0n) is 16.7. The number of hydrogen-bond acceptors (Lipinski definition) is 7. The molecule has 1 fully saturated rings. The Bertz CT molecular complexity index is 932. The Hall–Kier alpha value is -3.66. The van der Waals surface area contributed by atoms with Gasteiger partial charge >= 0.3 is 0 Å². The second-order valence-corrected chi connectivity index (χ2v) is 7.04. The lowest BCUT2D eigenvalue weighted by molar-refractivity contribution is -0.114. The van der Waals surface area contributed by atoms with Crippen LogP contribution in [0, 0.1) is 0 Å². The maximum atomic E-state index is 11.9. The molecule has 0 radical (unpaired) electrons. The van der Waals surface area contributed by atoms with Crippen molar-refractivity contribution in [1.29, 1.82) is 0 Å². The third kappa shape index (κ3) is 5.23. The molecule has 2 atom stereocenters. The number of carbonyl (C=O) groups is 1. The van der Waals surface area contributed by atoms with Gasteiger partial charge < -0.3 is 27.8 Å². The molecule has 1 aromatic heterocycles. The first kappa shape index (κ1) is 21.1.